The third-order valence-corrected chi connectivity index (χ3v) is 3.16. The summed E-state index contributed by atoms with van der Waals surface area (Å²) in [5.74, 6) is -1.62. The van der Waals surface area contributed by atoms with Gasteiger partial charge in [-0.15, -0.1) is 0 Å². The quantitative estimate of drug-likeness (QED) is 0.795. The van der Waals surface area contributed by atoms with Gasteiger partial charge in [0.05, 0.1) is 11.3 Å². The van der Waals surface area contributed by atoms with Crippen LogP contribution in [-0.4, -0.2) is 22.0 Å². The number of carbonyl (C=O) groups is 2. The van der Waals surface area contributed by atoms with Crippen LogP contribution in [0.3, 0.4) is 0 Å². The summed E-state index contributed by atoms with van der Waals surface area (Å²) in [5.41, 5.74) is 6.76. The van der Waals surface area contributed by atoms with Crippen LogP contribution >= 0.6 is 15.9 Å². The molecule has 0 saturated heterocycles. The Hall–Kier alpha value is -2.41. The molecule has 0 atom stereocenters. The number of amides is 1. The number of carbonyl (C=O) groups excluding carboxylic acids is 1. The van der Waals surface area contributed by atoms with Gasteiger partial charge in [0.15, 0.2) is 0 Å². The highest BCUT2D eigenvalue weighted by Gasteiger charge is 2.08. The maximum Gasteiger partial charge on any atom is 0.335 e. The van der Waals surface area contributed by atoms with E-state index in [0.29, 0.717) is 15.8 Å². The monoisotopic (exact) mass is 335 g/mol. The zero-order valence-electron chi connectivity index (χ0n) is 10.1. The zero-order valence-corrected chi connectivity index (χ0v) is 11.7. The molecule has 0 radical (unpaired) electrons. The molecule has 102 valence electrons. The van der Waals surface area contributed by atoms with Crippen LogP contribution in [0, 0.1) is 0 Å². The first-order valence-corrected chi connectivity index (χ1v) is 6.32. The van der Waals surface area contributed by atoms with E-state index in [1.807, 2.05) is 0 Å². The standard InChI is InChI=1S/C13H10BrN3O3/c14-9-5-7(13(19)20)1-2-10(9)17-8-3-4-16-11(6-8)12(15)18/h1-6H,(H2,15,18)(H,16,17)(H,19,20). The number of anilines is 2. The Morgan fingerprint density at radius 3 is 2.60 bits per heavy atom. The number of hydrogen-bond acceptors (Lipinski definition) is 4. The molecule has 0 aliphatic rings. The molecule has 0 fully saturated rings. The van der Waals surface area contributed by atoms with Crippen molar-refractivity contribution in [3.8, 4) is 0 Å². The average molecular weight is 336 g/mol. The Balaban J connectivity index is 2.28. The molecule has 0 aliphatic carbocycles. The molecule has 0 bridgehead atoms. The Morgan fingerprint density at radius 2 is 2.00 bits per heavy atom. The summed E-state index contributed by atoms with van der Waals surface area (Å²) in [4.78, 5) is 25.7. The second kappa shape index (κ2) is 5.70. The van der Waals surface area contributed by atoms with E-state index in [1.54, 1.807) is 12.1 Å². The smallest absolute Gasteiger partial charge is 0.335 e. The molecule has 0 unspecified atom stereocenters. The highest BCUT2D eigenvalue weighted by molar-refractivity contribution is 9.10. The normalized spacial score (nSPS) is 10.1. The number of nitrogens with two attached hydrogens (primary N) is 1. The SMILES string of the molecule is NC(=O)c1cc(Nc2ccc(C(=O)O)cc2Br)ccn1. The molecule has 0 saturated carbocycles. The summed E-state index contributed by atoms with van der Waals surface area (Å²) >= 11 is 3.29. The van der Waals surface area contributed by atoms with Gasteiger partial charge in [0.2, 0.25) is 0 Å². The van der Waals surface area contributed by atoms with Gasteiger partial charge in [0.1, 0.15) is 5.69 Å². The van der Waals surface area contributed by atoms with Crippen molar-refractivity contribution in [3.05, 3.63) is 52.3 Å². The van der Waals surface area contributed by atoms with Crippen LogP contribution in [0.15, 0.2) is 41.0 Å². The number of primary amides is 1. The van der Waals surface area contributed by atoms with Crippen LogP contribution < -0.4 is 11.1 Å². The maximum absolute atomic E-state index is 11.0. The molecule has 2 rings (SSSR count). The number of carboxylic acid groups (broad SMARTS) is 1. The van der Waals surface area contributed by atoms with E-state index in [0.717, 1.165) is 0 Å². The van der Waals surface area contributed by atoms with Crippen molar-refractivity contribution in [2.24, 2.45) is 5.73 Å². The van der Waals surface area contributed by atoms with Gasteiger partial charge in [-0.3, -0.25) is 9.78 Å². The minimum absolute atomic E-state index is 0.147. The summed E-state index contributed by atoms with van der Waals surface area (Å²) in [6.07, 6.45) is 1.46. The zero-order chi connectivity index (χ0) is 14.7. The number of nitrogens with one attached hydrogen (secondary N) is 1. The largest absolute Gasteiger partial charge is 0.478 e. The lowest BCUT2D eigenvalue weighted by Gasteiger charge is -2.09. The highest BCUT2D eigenvalue weighted by Crippen LogP contribution is 2.27. The van der Waals surface area contributed by atoms with Gasteiger partial charge in [0.25, 0.3) is 5.91 Å². The van der Waals surface area contributed by atoms with Crippen LogP contribution in [-0.2, 0) is 0 Å². The molecule has 7 heteroatoms. The number of pyridine rings is 1. The molecule has 4 N–H and O–H groups in total. The third-order valence-electron chi connectivity index (χ3n) is 2.51. The number of aromatic nitrogens is 1. The van der Waals surface area contributed by atoms with Crippen molar-refractivity contribution in [3.63, 3.8) is 0 Å². The number of benzene rings is 1. The van der Waals surface area contributed by atoms with Crippen LogP contribution in [0.5, 0.6) is 0 Å². The van der Waals surface area contributed by atoms with Gasteiger partial charge in [-0.2, -0.15) is 0 Å². The molecule has 0 aliphatic heterocycles. The summed E-state index contributed by atoms with van der Waals surface area (Å²) in [5, 5.41) is 11.9. The summed E-state index contributed by atoms with van der Waals surface area (Å²) in [6, 6.07) is 7.77. The fourth-order valence-corrected chi connectivity index (χ4v) is 2.03. The van der Waals surface area contributed by atoms with Gasteiger partial charge in [-0.1, -0.05) is 0 Å². The van der Waals surface area contributed by atoms with Gasteiger partial charge >= 0.3 is 5.97 Å². The van der Waals surface area contributed by atoms with E-state index in [-0.39, 0.29) is 11.3 Å². The van der Waals surface area contributed by atoms with Crippen LogP contribution in [0.4, 0.5) is 11.4 Å². The minimum Gasteiger partial charge on any atom is -0.478 e. The Labute approximate surface area is 122 Å². The van der Waals surface area contributed by atoms with Crippen LogP contribution in [0.25, 0.3) is 0 Å². The molecule has 1 aromatic carbocycles. The summed E-state index contributed by atoms with van der Waals surface area (Å²) in [6.45, 7) is 0. The summed E-state index contributed by atoms with van der Waals surface area (Å²) in [7, 11) is 0. The Bertz CT molecular complexity index is 688. The van der Waals surface area contributed by atoms with Crippen LogP contribution in [0.1, 0.15) is 20.8 Å². The molecule has 1 amide bonds. The first-order valence-electron chi connectivity index (χ1n) is 5.53. The topological polar surface area (TPSA) is 105 Å². The molecule has 20 heavy (non-hydrogen) atoms. The maximum atomic E-state index is 11.0. The number of hydrogen-bond donors (Lipinski definition) is 3. The lowest BCUT2D eigenvalue weighted by Crippen LogP contribution is -2.13. The van der Waals surface area contributed by atoms with Gasteiger partial charge in [-0.25, -0.2) is 4.79 Å². The number of aromatic carboxylic acids is 1. The van der Waals surface area contributed by atoms with Gasteiger partial charge < -0.3 is 16.2 Å². The molecule has 1 heterocycles. The number of carboxylic acids is 1. The second-order valence-electron chi connectivity index (χ2n) is 3.92. The van der Waals surface area contributed by atoms with E-state index >= 15 is 0 Å². The number of halogens is 1. The van der Waals surface area contributed by atoms with Crippen LogP contribution in [0.2, 0.25) is 0 Å². The van der Waals surface area contributed by atoms with Gasteiger partial charge in [0, 0.05) is 16.4 Å². The second-order valence-corrected chi connectivity index (χ2v) is 4.77. The lowest BCUT2D eigenvalue weighted by atomic mass is 10.2. The highest BCUT2D eigenvalue weighted by atomic mass is 79.9. The van der Waals surface area contributed by atoms with Crippen molar-refractivity contribution in [2.75, 3.05) is 5.32 Å². The van der Waals surface area contributed by atoms with E-state index in [1.165, 1.54) is 24.4 Å². The molecular formula is C13H10BrN3O3. The molecule has 6 nitrogen and oxygen atoms in total. The Kier molecular flexibility index (Phi) is 3.99. The first-order chi connectivity index (χ1) is 9.47. The third kappa shape index (κ3) is 3.12. The van der Waals surface area contributed by atoms with E-state index < -0.39 is 11.9 Å². The average Bonchev–Trinajstić information content (AvgIpc) is 2.41. The van der Waals surface area contributed by atoms with E-state index in [9.17, 15) is 9.59 Å². The van der Waals surface area contributed by atoms with Crippen molar-refractivity contribution < 1.29 is 14.7 Å². The van der Waals surface area contributed by atoms with Crippen molar-refractivity contribution in [1.82, 2.24) is 4.98 Å². The lowest BCUT2D eigenvalue weighted by molar-refractivity contribution is 0.0696. The first kappa shape index (κ1) is 14.0. The fourth-order valence-electron chi connectivity index (χ4n) is 1.55. The number of nitrogens with zero attached hydrogens (tertiary/aromatic N) is 1. The van der Waals surface area contributed by atoms with Crippen molar-refractivity contribution in [1.29, 1.82) is 0 Å². The predicted molar refractivity (Wildman–Crippen MR) is 77.1 cm³/mol. The fraction of sp³-hybridized carbons (Fsp3) is 0. The van der Waals surface area contributed by atoms with Crippen molar-refractivity contribution in [2.45, 2.75) is 0 Å². The van der Waals surface area contributed by atoms with Gasteiger partial charge in [-0.05, 0) is 46.3 Å². The Morgan fingerprint density at radius 1 is 1.25 bits per heavy atom. The molecule has 1 aromatic heterocycles. The molecule has 0 spiro atoms. The minimum atomic E-state index is -1.00. The molecule has 2 aromatic rings. The van der Waals surface area contributed by atoms with E-state index in [4.69, 9.17) is 10.8 Å². The van der Waals surface area contributed by atoms with Crippen molar-refractivity contribution >= 4 is 39.2 Å². The number of rotatable bonds is 4. The molecular weight excluding hydrogens is 326 g/mol. The summed E-state index contributed by atoms with van der Waals surface area (Å²) < 4.78 is 0.592. The van der Waals surface area contributed by atoms with E-state index in [2.05, 4.69) is 26.2 Å². The predicted octanol–water partition coefficient (Wildman–Crippen LogP) is 2.38.